The molecule has 228 valence electrons. The minimum atomic E-state index is -3.15. The molecule has 3 rings (SSSR count). The van der Waals surface area contributed by atoms with E-state index in [9.17, 15) is 24.9 Å². The maximum atomic E-state index is 12.2. The van der Waals surface area contributed by atoms with Gasteiger partial charge < -0.3 is 30.1 Å². The van der Waals surface area contributed by atoms with E-state index in [1.54, 1.807) is 45.9 Å². The maximum absolute atomic E-state index is 12.2. The predicted molar refractivity (Wildman–Crippen MR) is 160 cm³/mol. The Morgan fingerprint density at radius 1 is 1.00 bits per heavy atom. The van der Waals surface area contributed by atoms with Crippen LogP contribution in [0.15, 0.2) is 23.1 Å². The third kappa shape index (κ3) is 10.1. The SMILES string of the molecule is CC(C)OC(=O)Nc1ccc(-c2sc(C3CCC(NC(=O)OC(C)C)CC3)nc2C(O)(O)O)c(SNC(C)(C)C)c1. The Kier molecular flexibility index (Phi) is 11.1. The minimum absolute atomic E-state index is 0.0158. The van der Waals surface area contributed by atoms with Crippen molar-refractivity contribution >= 4 is 41.2 Å². The Labute approximate surface area is 249 Å². The molecule has 0 unspecified atom stereocenters. The van der Waals surface area contributed by atoms with Gasteiger partial charge in [0.25, 0.3) is 0 Å². The van der Waals surface area contributed by atoms with Crippen LogP contribution in [0.3, 0.4) is 0 Å². The van der Waals surface area contributed by atoms with Crippen LogP contribution in [0.5, 0.6) is 0 Å². The summed E-state index contributed by atoms with van der Waals surface area (Å²) in [5.74, 6) is -3.13. The highest BCUT2D eigenvalue weighted by molar-refractivity contribution is 7.97. The van der Waals surface area contributed by atoms with E-state index in [4.69, 9.17) is 9.47 Å². The van der Waals surface area contributed by atoms with Gasteiger partial charge in [-0.15, -0.1) is 11.3 Å². The Bertz CT molecular complexity index is 1200. The van der Waals surface area contributed by atoms with Crippen LogP contribution in [0.25, 0.3) is 10.4 Å². The van der Waals surface area contributed by atoms with E-state index in [1.807, 2.05) is 20.8 Å². The fourth-order valence-electron chi connectivity index (χ4n) is 4.26. The molecule has 1 aromatic heterocycles. The van der Waals surface area contributed by atoms with Gasteiger partial charge in [-0.1, -0.05) is 6.07 Å². The summed E-state index contributed by atoms with van der Waals surface area (Å²) in [6.07, 6.45) is 1.38. The molecule has 1 aliphatic rings. The van der Waals surface area contributed by atoms with Crippen LogP contribution in [0.4, 0.5) is 15.3 Å². The van der Waals surface area contributed by atoms with Crippen molar-refractivity contribution in [3.63, 3.8) is 0 Å². The van der Waals surface area contributed by atoms with Gasteiger partial charge in [0, 0.05) is 33.6 Å². The average Bonchev–Trinajstić information content (AvgIpc) is 3.28. The number of carbonyl (C=O) groups excluding carboxylic acids is 2. The molecule has 2 aromatic rings. The average molecular weight is 611 g/mol. The van der Waals surface area contributed by atoms with Crippen LogP contribution in [0.1, 0.15) is 90.8 Å². The molecular weight excluding hydrogens is 568 g/mol. The Balaban J connectivity index is 1.90. The first-order valence-electron chi connectivity index (χ1n) is 13.7. The minimum Gasteiger partial charge on any atom is -0.447 e. The summed E-state index contributed by atoms with van der Waals surface area (Å²) in [6, 6.07) is 5.16. The third-order valence-electron chi connectivity index (χ3n) is 5.99. The van der Waals surface area contributed by atoms with Crippen LogP contribution in [-0.2, 0) is 15.4 Å². The first-order chi connectivity index (χ1) is 19.0. The van der Waals surface area contributed by atoms with Crippen molar-refractivity contribution in [3.05, 3.63) is 28.9 Å². The zero-order valence-electron chi connectivity index (χ0n) is 24.6. The molecular formula is C28H42N4O7S2. The van der Waals surface area contributed by atoms with Gasteiger partial charge in [-0.3, -0.25) is 10.0 Å². The fraction of sp³-hybridized carbons (Fsp3) is 0.607. The Morgan fingerprint density at radius 2 is 1.61 bits per heavy atom. The van der Waals surface area contributed by atoms with Gasteiger partial charge in [0.15, 0.2) is 0 Å². The summed E-state index contributed by atoms with van der Waals surface area (Å²) in [6.45, 7) is 13.1. The number of ether oxygens (including phenoxy) is 2. The number of carbonyl (C=O) groups is 2. The van der Waals surface area contributed by atoms with Crippen molar-refractivity contribution in [2.75, 3.05) is 5.32 Å². The van der Waals surface area contributed by atoms with Gasteiger partial charge in [-0.05, 0) is 98.2 Å². The van der Waals surface area contributed by atoms with E-state index in [-0.39, 0.29) is 35.4 Å². The second kappa shape index (κ2) is 13.7. The molecule has 2 amide bonds. The molecule has 0 aliphatic heterocycles. The summed E-state index contributed by atoms with van der Waals surface area (Å²) in [4.78, 5) is 29.8. The van der Waals surface area contributed by atoms with E-state index in [0.29, 0.717) is 38.9 Å². The molecule has 1 heterocycles. The van der Waals surface area contributed by atoms with E-state index in [0.717, 1.165) is 12.8 Å². The van der Waals surface area contributed by atoms with Crippen molar-refractivity contribution in [1.29, 1.82) is 0 Å². The summed E-state index contributed by atoms with van der Waals surface area (Å²) in [5.41, 5.74) is 0.596. The van der Waals surface area contributed by atoms with E-state index < -0.39 is 18.2 Å². The van der Waals surface area contributed by atoms with Gasteiger partial charge in [0.1, 0.15) is 5.69 Å². The van der Waals surface area contributed by atoms with Gasteiger partial charge in [0.2, 0.25) is 0 Å². The second-order valence-electron chi connectivity index (χ2n) is 11.8. The number of anilines is 1. The number of hydrogen-bond donors (Lipinski definition) is 6. The standard InChI is InChI=1S/C28H42N4O7S2/c1-15(2)38-25(33)29-18-10-8-17(9-11-18)24-31-23(28(35,36)37)22(40-24)20-13-12-19(30-26(34)39-16(3)4)14-21(20)41-32-27(5,6)7/h12-18,32,35-37H,8-11H2,1-7H3,(H,29,33)(H,30,34). The highest BCUT2D eigenvalue weighted by Crippen LogP contribution is 2.44. The number of amides is 2. The first kappa shape index (κ1) is 33.1. The van der Waals surface area contributed by atoms with Crippen LogP contribution in [-0.4, -0.2) is 56.3 Å². The van der Waals surface area contributed by atoms with Crippen LogP contribution in [0, 0.1) is 0 Å². The van der Waals surface area contributed by atoms with Gasteiger partial charge in [-0.25, -0.2) is 14.6 Å². The van der Waals surface area contributed by atoms with Gasteiger partial charge >= 0.3 is 18.2 Å². The monoisotopic (exact) mass is 610 g/mol. The van der Waals surface area contributed by atoms with Crippen LogP contribution < -0.4 is 15.4 Å². The summed E-state index contributed by atoms with van der Waals surface area (Å²) in [7, 11) is 0. The summed E-state index contributed by atoms with van der Waals surface area (Å²) >= 11 is 2.61. The topological polar surface area (TPSA) is 162 Å². The normalized spacial score (nSPS) is 18.0. The number of thiazole rings is 1. The molecule has 13 heteroatoms. The zero-order chi connectivity index (χ0) is 30.5. The molecule has 1 saturated carbocycles. The second-order valence-corrected chi connectivity index (χ2v) is 13.6. The number of hydrogen-bond acceptors (Lipinski definition) is 11. The Morgan fingerprint density at radius 3 is 2.17 bits per heavy atom. The molecule has 0 saturated heterocycles. The maximum Gasteiger partial charge on any atom is 0.411 e. The molecule has 11 nitrogen and oxygen atoms in total. The van der Waals surface area contributed by atoms with E-state index >= 15 is 0 Å². The van der Waals surface area contributed by atoms with E-state index in [1.165, 1.54) is 23.3 Å². The number of aromatic nitrogens is 1. The van der Waals surface area contributed by atoms with Crippen LogP contribution >= 0.6 is 23.3 Å². The molecule has 41 heavy (non-hydrogen) atoms. The molecule has 0 spiro atoms. The lowest BCUT2D eigenvalue weighted by atomic mass is 9.86. The summed E-state index contributed by atoms with van der Waals surface area (Å²) in [5, 5.41) is 37.1. The molecule has 0 atom stereocenters. The molecule has 0 bridgehead atoms. The zero-order valence-corrected chi connectivity index (χ0v) is 26.2. The molecule has 1 aliphatic carbocycles. The largest absolute Gasteiger partial charge is 0.447 e. The van der Waals surface area contributed by atoms with Crippen molar-refractivity contribution in [3.8, 4) is 10.4 Å². The number of alkyl carbamates (subject to hydrolysis) is 1. The summed E-state index contributed by atoms with van der Waals surface area (Å²) < 4.78 is 13.7. The lowest BCUT2D eigenvalue weighted by molar-refractivity contribution is -0.325. The lowest BCUT2D eigenvalue weighted by Gasteiger charge is -2.28. The van der Waals surface area contributed by atoms with Crippen molar-refractivity contribution in [1.82, 2.24) is 15.0 Å². The number of nitrogens with one attached hydrogen (secondary N) is 3. The van der Waals surface area contributed by atoms with Gasteiger partial charge in [0.05, 0.1) is 22.1 Å². The number of benzene rings is 1. The molecule has 1 fully saturated rings. The number of rotatable bonds is 9. The number of aliphatic hydroxyl groups is 3. The van der Waals surface area contributed by atoms with Gasteiger partial charge in [-0.2, -0.15) is 0 Å². The predicted octanol–water partition coefficient (Wildman–Crippen LogP) is 5.41. The molecule has 1 aromatic carbocycles. The van der Waals surface area contributed by atoms with E-state index in [2.05, 4.69) is 20.3 Å². The highest BCUT2D eigenvalue weighted by atomic mass is 32.2. The third-order valence-corrected chi connectivity index (χ3v) is 8.51. The van der Waals surface area contributed by atoms with Crippen LogP contribution in [0.2, 0.25) is 0 Å². The quantitative estimate of drug-likeness (QED) is 0.160. The number of nitrogens with zero attached hydrogens (tertiary/aromatic N) is 1. The smallest absolute Gasteiger partial charge is 0.411 e. The van der Waals surface area contributed by atoms with Crippen molar-refractivity contribution < 1.29 is 34.4 Å². The van der Waals surface area contributed by atoms with Crippen molar-refractivity contribution in [2.45, 2.75) is 115 Å². The Hall–Kier alpha value is -2.42. The lowest BCUT2D eigenvalue weighted by Crippen LogP contribution is -2.38. The molecule has 0 radical (unpaired) electrons. The fourth-order valence-corrected chi connectivity index (χ4v) is 6.52. The van der Waals surface area contributed by atoms with Crippen molar-refractivity contribution in [2.24, 2.45) is 0 Å². The highest BCUT2D eigenvalue weighted by Gasteiger charge is 2.35. The first-order valence-corrected chi connectivity index (χ1v) is 15.4. The molecule has 6 N–H and O–H groups in total.